The van der Waals surface area contributed by atoms with Crippen LogP contribution in [0.25, 0.3) is 0 Å². The number of carbonyl (C=O) groups is 2. The van der Waals surface area contributed by atoms with Gasteiger partial charge in [0.1, 0.15) is 5.75 Å². The molecule has 2 rings (SSSR count). The molecule has 0 heterocycles. The van der Waals surface area contributed by atoms with Crippen LogP contribution in [-0.2, 0) is 0 Å². The van der Waals surface area contributed by atoms with Crippen LogP contribution in [0, 0.1) is 5.41 Å². The summed E-state index contributed by atoms with van der Waals surface area (Å²) in [5, 5.41) is 3.27. The highest BCUT2D eigenvalue weighted by Gasteiger charge is 2.21. The fourth-order valence-corrected chi connectivity index (χ4v) is 3.35. The SMILES string of the molecule is CCOc1c(Cl)cc(C(=O)Nc2ccc(C(=O)CC(C)(C)C)c(OC)c2)cc1Cl. The average Bonchev–Trinajstić information content (AvgIpc) is 2.62. The first-order chi connectivity index (χ1) is 13.6. The Hall–Kier alpha value is -2.24. The first-order valence-electron chi connectivity index (χ1n) is 9.20. The van der Waals surface area contributed by atoms with Crippen LogP contribution in [0.2, 0.25) is 10.0 Å². The van der Waals surface area contributed by atoms with E-state index >= 15 is 0 Å². The predicted octanol–water partition coefficient (Wildman–Crippen LogP) is 6.27. The summed E-state index contributed by atoms with van der Waals surface area (Å²) in [6, 6.07) is 7.92. The van der Waals surface area contributed by atoms with Crippen molar-refractivity contribution in [1.82, 2.24) is 0 Å². The molecule has 0 aliphatic rings. The van der Waals surface area contributed by atoms with Gasteiger partial charge < -0.3 is 14.8 Å². The number of amides is 1. The molecule has 0 bridgehead atoms. The molecule has 7 heteroatoms. The lowest BCUT2D eigenvalue weighted by Crippen LogP contribution is -2.15. The third-order valence-corrected chi connectivity index (χ3v) is 4.56. The van der Waals surface area contributed by atoms with Crippen LogP contribution in [0.15, 0.2) is 30.3 Å². The summed E-state index contributed by atoms with van der Waals surface area (Å²) in [5.41, 5.74) is 1.12. The quantitative estimate of drug-likeness (QED) is 0.518. The van der Waals surface area contributed by atoms with Crippen molar-refractivity contribution in [3.63, 3.8) is 0 Å². The molecule has 0 atom stereocenters. The van der Waals surface area contributed by atoms with Gasteiger partial charge in [0.15, 0.2) is 11.5 Å². The molecule has 0 saturated heterocycles. The van der Waals surface area contributed by atoms with E-state index in [9.17, 15) is 9.59 Å². The minimum atomic E-state index is -0.396. The lowest BCUT2D eigenvalue weighted by atomic mass is 9.87. The molecule has 0 aliphatic carbocycles. The predicted molar refractivity (Wildman–Crippen MR) is 117 cm³/mol. The van der Waals surface area contributed by atoms with Crippen LogP contribution >= 0.6 is 23.2 Å². The second kappa shape index (κ2) is 9.51. The smallest absolute Gasteiger partial charge is 0.255 e. The zero-order valence-electron chi connectivity index (χ0n) is 17.2. The lowest BCUT2D eigenvalue weighted by molar-refractivity contribution is 0.0936. The highest BCUT2D eigenvalue weighted by Crippen LogP contribution is 2.35. The lowest BCUT2D eigenvalue weighted by Gasteiger charge is -2.18. The molecule has 1 N–H and O–H groups in total. The molecule has 0 spiro atoms. The van der Waals surface area contributed by atoms with Gasteiger partial charge in [-0.3, -0.25) is 9.59 Å². The normalized spacial score (nSPS) is 11.1. The van der Waals surface area contributed by atoms with Crippen LogP contribution < -0.4 is 14.8 Å². The van der Waals surface area contributed by atoms with E-state index < -0.39 is 5.91 Å². The van der Waals surface area contributed by atoms with Crippen LogP contribution in [-0.4, -0.2) is 25.4 Å². The Labute approximate surface area is 181 Å². The maximum Gasteiger partial charge on any atom is 0.255 e. The average molecular weight is 438 g/mol. The molecular formula is C22H25Cl2NO4. The highest BCUT2D eigenvalue weighted by molar-refractivity contribution is 6.37. The number of carbonyl (C=O) groups excluding carboxylic acids is 2. The minimum absolute atomic E-state index is 0.0164. The van der Waals surface area contributed by atoms with Crippen molar-refractivity contribution in [1.29, 1.82) is 0 Å². The number of benzene rings is 2. The summed E-state index contributed by atoms with van der Waals surface area (Å²) < 4.78 is 10.7. The van der Waals surface area contributed by atoms with Gasteiger partial charge >= 0.3 is 0 Å². The van der Waals surface area contributed by atoms with E-state index in [1.807, 2.05) is 27.7 Å². The summed E-state index contributed by atoms with van der Waals surface area (Å²) in [6.07, 6.45) is 0.387. The molecule has 5 nitrogen and oxygen atoms in total. The Morgan fingerprint density at radius 3 is 2.21 bits per heavy atom. The Morgan fingerprint density at radius 2 is 1.69 bits per heavy atom. The van der Waals surface area contributed by atoms with Crippen LogP contribution in [0.5, 0.6) is 11.5 Å². The molecule has 2 aromatic rings. The molecule has 2 aromatic carbocycles. The maximum absolute atomic E-state index is 12.6. The molecule has 0 saturated carbocycles. The van der Waals surface area contributed by atoms with Crippen molar-refractivity contribution >= 4 is 40.6 Å². The van der Waals surface area contributed by atoms with Gasteiger partial charge in [0.05, 0.1) is 29.3 Å². The molecule has 1 amide bonds. The van der Waals surface area contributed by atoms with Crippen molar-refractivity contribution in [3.8, 4) is 11.5 Å². The fourth-order valence-electron chi connectivity index (χ4n) is 2.75. The first kappa shape index (κ1) is 23.0. The number of Topliss-reactive ketones (excluding diaryl/α,β-unsaturated/α-hetero) is 1. The number of nitrogens with one attached hydrogen (secondary N) is 1. The molecular weight excluding hydrogens is 413 g/mol. The Balaban J connectivity index is 2.24. The van der Waals surface area contributed by atoms with E-state index in [2.05, 4.69) is 5.32 Å². The summed E-state index contributed by atoms with van der Waals surface area (Å²) in [6.45, 7) is 8.22. The van der Waals surface area contributed by atoms with Crippen molar-refractivity contribution in [2.75, 3.05) is 19.0 Å². The Bertz CT molecular complexity index is 897. The molecule has 0 aliphatic heterocycles. The molecule has 0 unspecified atom stereocenters. The van der Waals surface area contributed by atoms with E-state index in [0.717, 1.165) is 0 Å². The number of hydrogen-bond donors (Lipinski definition) is 1. The van der Waals surface area contributed by atoms with Gasteiger partial charge in [-0.1, -0.05) is 44.0 Å². The summed E-state index contributed by atoms with van der Waals surface area (Å²) >= 11 is 12.3. The number of methoxy groups -OCH3 is 1. The maximum atomic E-state index is 12.6. The van der Waals surface area contributed by atoms with Crippen molar-refractivity contribution in [2.45, 2.75) is 34.1 Å². The standard InChI is InChI=1S/C22H25Cl2NO4/c1-6-29-20-16(23)9-13(10-17(20)24)21(27)25-14-7-8-15(19(11-14)28-5)18(26)12-22(2,3)4/h7-11H,6,12H2,1-5H3,(H,25,27). The number of anilines is 1. The van der Waals surface area contributed by atoms with E-state index in [1.165, 1.54) is 19.2 Å². The number of halogens is 2. The summed E-state index contributed by atoms with van der Waals surface area (Å²) in [5.74, 6) is 0.334. The monoisotopic (exact) mass is 437 g/mol. The second-order valence-corrected chi connectivity index (χ2v) is 8.55. The third kappa shape index (κ3) is 6.12. The topological polar surface area (TPSA) is 64.6 Å². The van der Waals surface area contributed by atoms with E-state index in [1.54, 1.807) is 18.2 Å². The fraction of sp³-hybridized carbons (Fsp3) is 0.364. The van der Waals surface area contributed by atoms with E-state index in [4.69, 9.17) is 32.7 Å². The van der Waals surface area contributed by atoms with Crippen LogP contribution in [0.1, 0.15) is 54.8 Å². The number of hydrogen-bond acceptors (Lipinski definition) is 4. The molecule has 0 fully saturated rings. The molecule has 29 heavy (non-hydrogen) atoms. The van der Waals surface area contributed by atoms with Gasteiger partial charge in [-0.2, -0.15) is 0 Å². The zero-order chi connectivity index (χ0) is 21.8. The Morgan fingerprint density at radius 1 is 1.07 bits per heavy atom. The largest absolute Gasteiger partial charge is 0.496 e. The summed E-state index contributed by atoms with van der Waals surface area (Å²) in [7, 11) is 1.49. The first-order valence-corrected chi connectivity index (χ1v) is 9.95. The van der Waals surface area contributed by atoms with E-state index in [0.29, 0.717) is 35.8 Å². The van der Waals surface area contributed by atoms with E-state index in [-0.39, 0.29) is 26.8 Å². The molecule has 156 valence electrons. The number of ketones is 1. The zero-order valence-corrected chi connectivity index (χ0v) is 18.7. The van der Waals surface area contributed by atoms with Crippen LogP contribution in [0.4, 0.5) is 5.69 Å². The van der Waals surface area contributed by atoms with Crippen LogP contribution in [0.3, 0.4) is 0 Å². The molecule has 0 aromatic heterocycles. The van der Waals surface area contributed by atoms with Gasteiger partial charge in [0.2, 0.25) is 0 Å². The van der Waals surface area contributed by atoms with Gasteiger partial charge in [-0.15, -0.1) is 0 Å². The second-order valence-electron chi connectivity index (χ2n) is 7.73. The van der Waals surface area contributed by atoms with Gasteiger partial charge in [0.25, 0.3) is 5.91 Å². The minimum Gasteiger partial charge on any atom is -0.496 e. The summed E-state index contributed by atoms with van der Waals surface area (Å²) in [4.78, 5) is 25.2. The highest BCUT2D eigenvalue weighted by atomic mass is 35.5. The van der Waals surface area contributed by atoms with Crippen molar-refractivity contribution < 1.29 is 19.1 Å². The van der Waals surface area contributed by atoms with Gasteiger partial charge in [-0.05, 0) is 36.6 Å². The third-order valence-electron chi connectivity index (χ3n) is 4.00. The van der Waals surface area contributed by atoms with Crippen molar-refractivity contribution in [3.05, 3.63) is 51.5 Å². The number of ether oxygens (including phenoxy) is 2. The van der Waals surface area contributed by atoms with Crippen molar-refractivity contribution in [2.24, 2.45) is 5.41 Å². The van der Waals surface area contributed by atoms with Gasteiger partial charge in [-0.25, -0.2) is 0 Å². The molecule has 0 radical (unpaired) electrons. The van der Waals surface area contributed by atoms with Gasteiger partial charge in [0, 0.05) is 23.7 Å². The number of rotatable bonds is 7. The Kier molecular flexibility index (Phi) is 7.55.